The van der Waals surface area contributed by atoms with Crippen molar-refractivity contribution in [3.8, 4) is 0 Å². The van der Waals surface area contributed by atoms with Crippen LogP contribution in [0.2, 0.25) is 0 Å². The number of hydrogen-bond donors (Lipinski definition) is 0. The molecule has 0 radical (unpaired) electrons. The summed E-state index contributed by atoms with van der Waals surface area (Å²) in [5.74, 6) is -0.160. The smallest absolute Gasteiger partial charge is 0.254 e. The van der Waals surface area contributed by atoms with Crippen molar-refractivity contribution in [2.45, 2.75) is 62.6 Å². The second-order valence-corrected chi connectivity index (χ2v) is 11.3. The van der Waals surface area contributed by atoms with Crippen LogP contribution >= 0.6 is 11.3 Å². The minimum absolute atomic E-state index is 0.0204. The molecule has 1 aromatic carbocycles. The van der Waals surface area contributed by atoms with Gasteiger partial charge in [0.1, 0.15) is 0 Å². The summed E-state index contributed by atoms with van der Waals surface area (Å²) in [6.45, 7) is 4.22. The maximum atomic E-state index is 13.4. The molecule has 1 amide bonds. The Morgan fingerprint density at radius 1 is 1.19 bits per heavy atom. The second-order valence-electron chi connectivity index (χ2n) is 8.39. The first-order valence-corrected chi connectivity index (χ1v) is 13.3. The van der Waals surface area contributed by atoms with E-state index in [9.17, 15) is 13.2 Å². The molecule has 168 valence electrons. The number of thiophene rings is 1. The molecule has 31 heavy (non-hydrogen) atoms. The number of amides is 1. The van der Waals surface area contributed by atoms with Crippen LogP contribution in [0, 0.1) is 0 Å². The van der Waals surface area contributed by atoms with Crippen molar-refractivity contribution < 1.29 is 17.9 Å². The molecule has 2 unspecified atom stereocenters. The van der Waals surface area contributed by atoms with Crippen molar-refractivity contribution >= 4 is 27.3 Å². The topological polar surface area (TPSA) is 66.9 Å². The van der Waals surface area contributed by atoms with Crippen molar-refractivity contribution in [3.05, 3.63) is 52.2 Å². The quantitative estimate of drug-likeness (QED) is 0.620. The van der Waals surface area contributed by atoms with Gasteiger partial charge in [-0.1, -0.05) is 18.6 Å². The van der Waals surface area contributed by atoms with Gasteiger partial charge in [0.05, 0.1) is 17.5 Å². The fourth-order valence-corrected chi connectivity index (χ4v) is 6.85. The molecule has 0 bridgehead atoms. The van der Waals surface area contributed by atoms with E-state index < -0.39 is 10.0 Å². The highest BCUT2D eigenvalue weighted by Gasteiger charge is 2.32. The number of rotatable bonds is 7. The molecular weight excluding hydrogens is 432 g/mol. The molecule has 2 aromatic rings. The molecule has 4 rings (SSSR count). The van der Waals surface area contributed by atoms with Crippen LogP contribution in [-0.2, 0) is 21.3 Å². The van der Waals surface area contributed by atoms with E-state index in [-0.39, 0.29) is 22.9 Å². The Bertz CT molecular complexity index is 985. The van der Waals surface area contributed by atoms with Crippen LogP contribution < -0.4 is 0 Å². The summed E-state index contributed by atoms with van der Waals surface area (Å²) >= 11 is 1.61. The average molecular weight is 463 g/mol. The zero-order valence-corrected chi connectivity index (χ0v) is 19.5. The van der Waals surface area contributed by atoms with E-state index >= 15 is 0 Å². The van der Waals surface area contributed by atoms with Gasteiger partial charge >= 0.3 is 0 Å². The Morgan fingerprint density at radius 3 is 2.77 bits per heavy atom. The van der Waals surface area contributed by atoms with Crippen molar-refractivity contribution in [1.82, 2.24) is 9.21 Å². The lowest BCUT2D eigenvalue weighted by Crippen LogP contribution is -2.42. The number of nitrogens with zero attached hydrogens (tertiary/aromatic N) is 2. The molecule has 1 aromatic heterocycles. The van der Waals surface area contributed by atoms with Crippen LogP contribution in [0.15, 0.2) is 46.7 Å². The molecule has 0 aliphatic carbocycles. The predicted octanol–water partition coefficient (Wildman–Crippen LogP) is 4.13. The number of ether oxygens (including phenoxy) is 1. The summed E-state index contributed by atoms with van der Waals surface area (Å²) in [4.78, 5) is 16.5. The van der Waals surface area contributed by atoms with Gasteiger partial charge in [-0.15, -0.1) is 11.3 Å². The highest BCUT2D eigenvalue weighted by atomic mass is 32.2. The van der Waals surface area contributed by atoms with Gasteiger partial charge in [0.25, 0.3) is 5.91 Å². The van der Waals surface area contributed by atoms with Crippen LogP contribution in [0.5, 0.6) is 0 Å². The lowest BCUT2D eigenvalue weighted by atomic mass is 10.1. The normalized spacial score (nSPS) is 22.5. The van der Waals surface area contributed by atoms with Crippen molar-refractivity contribution in [3.63, 3.8) is 0 Å². The Kier molecular flexibility index (Phi) is 7.11. The summed E-state index contributed by atoms with van der Waals surface area (Å²) < 4.78 is 33.9. The summed E-state index contributed by atoms with van der Waals surface area (Å²) in [5.41, 5.74) is 0.403. The maximum absolute atomic E-state index is 13.4. The second kappa shape index (κ2) is 9.81. The molecule has 2 atom stereocenters. The number of carbonyl (C=O) groups is 1. The highest BCUT2D eigenvalue weighted by Crippen LogP contribution is 2.26. The molecule has 2 aliphatic rings. The predicted molar refractivity (Wildman–Crippen MR) is 122 cm³/mol. The molecule has 2 fully saturated rings. The van der Waals surface area contributed by atoms with Gasteiger partial charge in [-0.2, -0.15) is 4.31 Å². The van der Waals surface area contributed by atoms with Gasteiger partial charge in [0.2, 0.25) is 10.0 Å². The minimum atomic E-state index is -3.63. The van der Waals surface area contributed by atoms with Gasteiger partial charge in [0.15, 0.2) is 0 Å². The lowest BCUT2D eigenvalue weighted by Gasteiger charge is -2.32. The zero-order chi connectivity index (χ0) is 21.8. The molecular formula is C23H30N2O4S2. The van der Waals surface area contributed by atoms with E-state index in [0.717, 1.165) is 43.6 Å². The average Bonchev–Trinajstić information content (AvgIpc) is 3.47. The molecule has 8 heteroatoms. The van der Waals surface area contributed by atoms with Crippen molar-refractivity contribution in [1.29, 1.82) is 0 Å². The fourth-order valence-electron chi connectivity index (χ4n) is 4.38. The van der Waals surface area contributed by atoms with Crippen LogP contribution in [0.1, 0.15) is 54.3 Å². The van der Waals surface area contributed by atoms with E-state index in [1.807, 2.05) is 24.4 Å². The molecule has 0 N–H and O–H groups in total. The monoisotopic (exact) mass is 462 g/mol. The first-order chi connectivity index (χ1) is 14.9. The van der Waals surface area contributed by atoms with Crippen LogP contribution in [0.3, 0.4) is 0 Å². The first kappa shape index (κ1) is 22.5. The largest absolute Gasteiger partial charge is 0.376 e. The van der Waals surface area contributed by atoms with Gasteiger partial charge in [-0.3, -0.25) is 4.79 Å². The minimum Gasteiger partial charge on any atom is -0.376 e. The summed E-state index contributed by atoms with van der Waals surface area (Å²) in [5, 5.41) is 2.00. The van der Waals surface area contributed by atoms with Crippen LogP contribution in [0.25, 0.3) is 0 Å². The number of hydrogen-bond acceptors (Lipinski definition) is 5. The fraction of sp³-hybridized carbons (Fsp3) is 0.522. The highest BCUT2D eigenvalue weighted by molar-refractivity contribution is 7.89. The van der Waals surface area contributed by atoms with E-state index in [4.69, 9.17) is 4.74 Å². The van der Waals surface area contributed by atoms with Crippen molar-refractivity contribution in [2.75, 3.05) is 19.7 Å². The summed E-state index contributed by atoms with van der Waals surface area (Å²) in [6, 6.07) is 10.5. The molecule has 0 saturated carbocycles. The molecule has 2 saturated heterocycles. The molecule has 2 aliphatic heterocycles. The number of benzene rings is 1. The van der Waals surface area contributed by atoms with Crippen LogP contribution in [0.4, 0.5) is 0 Å². The first-order valence-electron chi connectivity index (χ1n) is 11.0. The van der Waals surface area contributed by atoms with E-state index in [1.54, 1.807) is 38.7 Å². The van der Waals surface area contributed by atoms with Crippen molar-refractivity contribution in [2.24, 2.45) is 0 Å². The summed E-state index contributed by atoms with van der Waals surface area (Å²) in [6.07, 6.45) is 4.77. The van der Waals surface area contributed by atoms with Gasteiger partial charge in [-0.05, 0) is 62.3 Å². The number of carbonyl (C=O) groups excluding carboxylic acids is 1. The van der Waals surface area contributed by atoms with Crippen LogP contribution in [-0.4, -0.2) is 55.4 Å². The Morgan fingerprint density at radius 2 is 2.06 bits per heavy atom. The Balaban J connectivity index is 1.58. The SMILES string of the molecule is CC1CCCCN1S(=O)(=O)c1cccc(C(=O)N(Cc2cccs2)CC2CCCO2)c1. The molecule has 6 nitrogen and oxygen atoms in total. The zero-order valence-electron chi connectivity index (χ0n) is 17.9. The number of piperidine rings is 1. The van der Waals surface area contributed by atoms with Gasteiger partial charge in [0, 0.05) is 36.2 Å². The maximum Gasteiger partial charge on any atom is 0.254 e. The van der Waals surface area contributed by atoms with Gasteiger partial charge in [-0.25, -0.2) is 8.42 Å². The third-order valence-electron chi connectivity index (χ3n) is 6.09. The Hall–Kier alpha value is -1.74. The Labute approximate surface area is 188 Å². The molecule has 3 heterocycles. The third-order valence-corrected chi connectivity index (χ3v) is 8.96. The number of sulfonamides is 1. The van der Waals surface area contributed by atoms with E-state index in [2.05, 4.69) is 0 Å². The standard InChI is InChI=1S/C23H30N2O4S2/c1-18-7-2-3-12-25(18)31(27,28)22-11-4-8-19(15-22)23(26)24(16-20-9-5-13-29-20)17-21-10-6-14-30-21/h4,6,8,10-11,14-15,18,20H,2-3,5,7,9,12-13,16-17H2,1H3. The summed E-state index contributed by atoms with van der Waals surface area (Å²) in [7, 11) is -3.63. The molecule has 0 spiro atoms. The van der Waals surface area contributed by atoms with E-state index in [1.165, 1.54) is 6.07 Å². The van der Waals surface area contributed by atoms with Gasteiger partial charge < -0.3 is 9.64 Å². The van der Waals surface area contributed by atoms with E-state index in [0.29, 0.717) is 25.2 Å². The third kappa shape index (κ3) is 5.19. The lowest BCUT2D eigenvalue weighted by molar-refractivity contribution is 0.0509.